The highest BCUT2D eigenvalue weighted by molar-refractivity contribution is 7.89. The predicted molar refractivity (Wildman–Crippen MR) is 108 cm³/mol. The van der Waals surface area contributed by atoms with Gasteiger partial charge in [0.2, 0.25) is 15.9 Å². The average Bonchev–Trinajstić information content (AvgIpc) is 2.86. The van der Waals surface area contributed by atoms with Gasteiger partial charge >= 0.3 is 0 Å². The predicted octanol–water partition coefficient (Wildman–Crippen LogP) is 2.02. The molecule has 0 aromatic carbocycles. The third kappa shape index (κ3) is 5.67. The van der Waals surface area contributed by atoms with Gasteiger partial charge in [0.25, 0.3) is 0 Å². The van der Waals surface area contributed by atoms with Crippen molar-refractivity contribution in [2.45, 2.75) is 52.4 Å². The molecular formula is C20H37N3O3S. The van der Waals surface area contributed by atoms with Gasteiger partial charge in [-0.1, -0.05) is 33.1 Å². The Bertz CT molecular complexity index is 608. The van der Waals surface area contributed by atoms with Crippen molar-refractivity contribution in [2.75, 3.05) is 51.6 Å². The first kappa shape index (κ1) is 21.1. The van der Waals surface area contributed by atoms with Gasteiger partial charge in [0, 0.05) is 32.7 Å². The average molecular weight is 400 g/mol. The largest absolute Gasteiger partial charge is 0.341 e. The van der Waals surface area contributed by atoms with E-state index in [-0.39, 0.29) is 17.6 Å². The summed E-state index contributed by atoms with van der Waals surface area (Å²) in [6.07, 6.45) is 7.27. The molecule has 0 N–H and O–H groups in total. The number of piperidine rings is 1. The molecule has 0 aromatic rings. The van der Waals surface area contributed by atoms with Gasteiger partial charge in [-0.3, -0.25) is 9.69 Å². The summed E-state index contributed by atoms with van der Waals surface area (Å²) < 4.78 is 26.6. The van der Waals surface area contributed by atoms with Crippen molar-refractivity contribution >= 4 is 15.9 Å². The number of hydrogen-bond acceptors (Lipinski definition) is 4. The Hall–Kier alpha value is -0.660. The quantitative estimate of drug-likeness (QED) is 0.710. The summed E-state index contributed by atoms with van der Waals surface area (Å²) in [6, 6.07) is 0. The molecule has 3 rings (SSSR count). The summed E-state index contributed by atoms with van der Waals surface area (Å²) in [5, 5.41) is 0. The first-order valence-corrected chi connectivity index (χ1v) is 12.4. The zero-order valence-electron chi connectivity index (χ0n) is 17.1. The molecule has 0 aromatic heterocycles. The molecule has 2 heterocycles. The van der Waals surface area contributed by atoms with Crippen LogP contribution in [0, 0.1) is 17.8 Å². The molecule has 3 fully saturated rings. The Morgan fingerprint density at radius 1 is 0.926 bits per heavy atom. The van der Waals surface area contributed by atoms with E-state index in [1.165, 1.54) is 25.7 Å². The van der Waals surface area contributed by atoms with E-state index in [0.717, 1.165) is 38.4 Å². The Balaban J connectivity index is 1.49. The second-order valence-corrected chi connectivity index (χ2v) is 11.1. The van der Waals surface area contributed by atoms with E-state index in [9.17, 15) is 13.2 Å². The first-order valence-electron chi connectivity index (χ1n) is 10.8. The minimum atomic E-state index is -3.18. The zero-order valence-corrected chi connectivity index (χ0v) is 17.9. The standard InChI is InChI=1S/C20H37N3O3S/c1-17(2)16-27(25,26)23-10-5-9-21(12-13-23)15-20(24)22-11-8-18-6-3-4-7-19(18)14-22/h17-19H,3-16H2,1-2H3. The van der Waals surface area contributed by atoms with Crippen molar-refractivity contribution in [2.24, 2.45) is 17.8 Å². The van der Waals surface area contributed by atoms with Crippen LogP contribution < -0.4 is 0 Å². The van der Waals surface area contributed by atoms with Crippen LogP contribution in [0.1, 0.15) is 52.4 Å². The molecule has 2 atom stereocenters. The lowest BCUT2D eigenvalue weighted by atomic mass is 9.75. The second kappa shape index (κ2) is 9.23. The van der Waals surface area contributed by atoms with Crippen LogP contribution in [0.5, 0.6) is 0 Å². The van der Waals surface area contributed by atoms with Gasteiger partial charge in [-0.25, -0.2) is 12.7 Å². The minimum absolute atomic E-state index is 0.138. The lowest BCUT2D eigenvalue weighted by Crippen LogP contribution is -2.48. The molecule has 0 radical (unpaired) electrons. The van der Waals surface area contributed by atoms with Crippen molar-refractivity contribution in [1.82, 2.24) is 14.1 Å². The van der Waals surface area contributed by atoms with Gasteiger partial charge in [0.15, 0.2) is 0 Å². The van der Waals surface area contributed by atoms with E-state index in [0.29, 0.717) is 32.1 Å². The van der Waals surface area contributed by atoms with Gasteiger partial charge in [-0.15, -0.1) is 0 Å². The molecule has 1 aliphatic carbocycles. The molecule has 2 aliphatic heterocycles. The van der Waals surface area contributed by atoms with Crippen molar-refractivity contribution in [1.29, 1.82) is 0 Å². The molecule has 2 unspecified atom stereocenters. The first-order chi connectivity index (χ1) is 12.8. The van der Waals surface area contributed by atoms with E-state index < -0.39 is 10.0 Å². The number of nitrogens with zero attached hydrogens (tertiary/aromatic N) is 3. The van der Waals surface area contributed by atoms with E-state index in [2.05, 4.69) is 9.80 Å². The van der Waals surface area contributed by atoms with Crippen LogP contribution in [0.25, 0.3) is 0 Å². The van der Waals surface area contributed by atoms with E-state index in [1.807, 2.05) is 13.8 Å². The fraction of sp³-hybridized carbons (Fsp3) is 0.950. The zero-order chi connectivity index (χ0) is 19.4. The molecule has 0 spiro atoms. The highest BCUT2D eigenvalue weighted by Gasteiger charge is 2.33. The molecular weight excluding hydrogens is 362 g/mol. The van der Waals surface area contributed by atoms with Crippen molar-refractivity contribution < 1.29 is 13.2 Å². The molecule has 7 heteroatoms. The van der Waals surface area contributed by atoms with Gasteiger partial charge in [-0.2, -0.15) is 0 Å². The lowest BCUT2D eigenvalue weighted by Gasteiger charge is -2.41. The van der Waals surface area contributed by atoms with Gasteiger partial charge < -0.3 is 4.90 Å². The summed E-state index contributed by atoms with van der Waals surface area (Å²) in [5.41, 5.74) is 0. The SMILES string of the molecule is CC(C)CS(=O)(=O)N1CCCN(CC(=O)N2CCC3CCCCC3C2)CC1. The number of sulfonamides is 1. The third-order valence-corrected chi connectivity index (χ3v) is 8.73. The number of carbonyl (C=O) groups is 1. The van der Waals surface area contributed by atoms with Crippen molar-refractivity contribution in [3.05, 3.63) is 0 Å². The Morgan fingerprint density at radius 3 is 2.41 bits per heavy atom. The summed E-state index contributed by atoms with van der Waals surface area (Å²) in [4.78, 5) is 17.1. The van der Waals surface area contributed by atoms with E-state index in [4.69, 9.17) is 0 Å². The Labute approximate surface area is 165 Å². The number of amides is 1. The maximum Gasteiger partial charge on any atom is 0.236 e. The summed E-state index contributed by atoms with van der Waals surface area (Å²) >= 11 is 0. The maximum absolute atomic E-state index is 12.8. The minimum Gasteiger partial charge on any atom is -0.341 e. The number of carbonyl (C=O) groups excluding carboxylic acids is 1. The number of fused-ring (bicyclic) bond motifs is 1. The van der Waals surface area contributed by atoms with Crippen LogP contribution in [0.15, 0.2) is 0 Å². The normalized spacial score (nSPS) is 28.8. The molecule has 6 nitrogen and oxygen atoms in total. The maximum atomic E-state index is 12.8. The fourth-order valence-electron chi connectivity index (χ4n) is 5.03. The summed E-state index contributed by atoms with van der Waals surface area (Å²) in [7, 11) is -3.18. The highest BCUT2D eigenvalue weighted by Crippen LogP contribution is 2.36. The van der Waals surface area contributed by atoms with Gasteiger partial charge in [-0.05, 0) is 43.6 Å². The van der Waals surface area contributed by atoms with Crippen LogP contribution in [-0.2, 0) is 14.8 Å². The number of likely N-dealkylation sites (tertiary alicyclic amines) is 1. The topological polar surface area (TPSA) is 60.9 Å². The van der Waals surface area contributed by atoms with Crippen LogP contribution in [0.4, 0.5) is 0 Å². The van der Waals surface area contributed by atoms with Gasteiger partial charge in [0.1, 0.15) is 0 Å². The lowest BCUT2D eigenvalue weighted by molar-refractivity contribution is -0.135. The number of hydrogen-bond donors (Lipinski definition) is 0. The summed E-state index contributed by atoms with van der Waals surface area (Å²) in [5.74, 6) is 2.12. The van der Waals surface area contributed by atoms with Crippen LogP contribution in [0.3, 0.4) is 0 Å². The van der Waals surface area contributed by atoms with Crippen LogP contribution in [-0.4, -0.2) is 80.0 Å². The second-order valence-electron chi connectivity index (χ2n) is 9.13. The highest BCUT2D eigenvalue weighted by atomic mass is 32.2. The molecule has 1 amide bonds. The molecule has 2 saturated heterocycles. The fourth-order valence-corrected chi connectivity index (χ4v) is 6.85. The monoisotopic (exact) mass is 399 g/mol. The molecule has 27 heavy (non-hydrogen) atoms. The van der Waals surface area contributed by atoms with Crippen LogP contribution >= 0.6 is 0 Å². The molecule has 0 bridgehead atoms. The van der Waals surface area contributed by atoms with E-state index in [1.54, 1.807) is 4.31 Å². The Morgan fingerprint density at radius 2 is 1.67 bits per heavy atom. The Kier molecular flexibility index (Phi) is 7.20. The molecule has 1 saturated carbocycles. The van der Waals surface area contributed by atoms with Crippen molar-refractivity contribution in [3.8, 4) is 0 Å². The molecule has 3 aliphatic rings. The summed E-state index contributed by atoms with van der Waals surface area (Å²) in [6.45, 7) is 8.71. The van der Waals surface area contributed by atoms with Crippen LogP contribution in [0.2, 0.25) is 0 Å². The van der Waals surface area contributed by atoms with Gasteiger partial charge in [0.05, 0.1) is 12.3 Å². The third-order valence-electron chi connectivity index (χ3n) is 6.49. The molecule has 156 valence electrons. The van der Waals surface area contributed by atoms with E-state index >= 15 is 0 Å². The number of rotatable bonds is 5. The van der Waals surface area contributed by atoms with Crippen molar-refractivity contribution in [3.63, 3.8) is 0 Å². The smallest absolute Gasteiger partial charge is 0.236 e.